The summed E-state index contributed by atoms with van der Waals surface area (Å²) in [6.45, 7) is 9.80. The summed E-state index contributed by atoms with van der Waals surface area (Å²) in [6.07, 6.45) is 2.15. The number of allylic oxidation sites excluding steroid dienone is 1. The lowest BCUT2D eigenvalue weighted by Crippen LogP contribution is -2.30. The molecule has 1 aromatic carbocycles. The Kier molecular flexibility index (Phi) is 4.76. The monoisotopic (exact) mass is 234 g/mol. The second kappa shape index (κ2) is 5.87. The van der Waals surface area contributed by atoms with Crippen LogP contribution in [0, 0.1) is 0 Å². The first-order valence-electron chi connectivity index (χ1n) is 5.99. The lowest BCUT2D eigenvalue weighted by molar-refractivity contribution is -0.208. The maximum atomic E-state index is 5.79. The van der Waals surface area contributed by atoms with Gasteiger partial charge in [-0.2, -0.15) is 0 Å². The van der Waals surface area contributed by atoms with Crippen LogP contribution in [-0.4, -0.2) is 11.9 Å². The molecule has 2 heteroatoms. The van der Waals surface area contributed by atoms with Crippen LogP contribution < -0.4 is 0 Å². The van der Waals surface area contributed by atoms with E-state index in [-0.39, 0.29) is 6.10 Å². The Morgan fingerprint density at radius 3 is 2.29 bits per heavy atom. The van der Waals surface area contributed by atoms with E-state index in [9.17, 15) is 0 Å². The van der Waals surface area contributed by atoms with Gasteiger partial charge in [0.15, 0.2) is 0 Å². The van der Waals surface area contributed by atoms with Gasteiger partial charge in [0, 0.05) is 13.8 Å². The molecule has 0 aliphatic carbocycles. The van der Waals surface area contributed by atoms with Crippen LogP contribution in [0.1, 0.15) is 40.2 Å². The van der Waals surface area contributed by atoms with Gasteiger partial charge in [-0.1, -0.05) is 30.3 Å². The first kappa shape index (κ1) is 13.8. The third kappa shape index (κ3) is 5.55. The van der Waals surface area contributed by atoms with Crippen molar-refractivity contribution in [3.05, 3.63) is 41.7 Å². The first-order valence-corrected chi connectivity index (χ1v) is 5.99. The van der Waals surface area contributed by atoms with Crippen molar-refractivity contribution in [2.75, 3.05) is 0 Å². The highest BCUT2D eigenvalue weighted by Crippen LogP contribution is 2.19. The summed E-state index contributed by atoms with van der Waals surface area (Å²) in [5.41, 5.74) is 1.13. The van der Waals surface area contributed by atoms with E-state index in [0.717, 1.165) is 11.3 Å². The molecule has 0 bridgehead atoms. The zero-order valence-corrected chi connectivity index (χ0v) is 11.4. The Hall–Kier alpha value is -1.28. The molecular formula is C15H22O2. The van der Waals surface area contributed by atoms with Crippen LogP contribution in [0.2, 0.25) is 0 Å². The fourth-order valence-corrected chi connectivity index (χ4v) is 1.79. The van der Waals surface area contributed by atoms with Crippen LogP contribution in [0.25, 0.3) is 6.08 Å². The maximum absolute atomic E-state index is 5.79. The number of ether oxygens (including phenoxy) is 2. The summed E-state index contributed by atoms with van der Waals surface area (Å²) in [5.74, 6) is 0.255. The number of benzene rings is 1. The fraction of sp³-hybridized carbons (Fsp3) is 0.467. The Balaban J connectivity index is 2.65. The largest absolute Gasteiger partial charge is 0.468 e. The van der Waals surface area contributed by atoms with Gasteiger partial charge in [0.05, 0.1) is 11.9 Å². The van der Waals surface area contributed by atoms with Gasteiger partial charge >= 0.3 is 0 Å². The number of rotatable bonds is 5. The highest BCUT2D eigenvalue weighted by Gasteiger charge is 2.21. The van der Waals surface area contributed by atoms with E-state index < -0.39 is 5.79 Å². The highest BCUT2D eigenvalue weighted by atomic mass is 16.7. The summed E-state index contributed by atoms with van der Waals surface area (Å²) in [7, 11) is 0. The summed E-state index contributed by atoms with van der Waals surface area (Å²) < 4.78 is 11.5. The predicted octanol–water partition coefficient (Wildman–Crippen LogP) is 4.23. The molecule has 0 amide bonds. The lowest BCUT2D eigenvalue weighted by Gasteiger charge is -2.29. The van der Waals surface area contributed by atoms with Crippen molar-refractivity contribution in [1.82, 2.24) is 0 Å². The third-order valence-electron chi connectivity index (χ3n) is 2.10. The lowest BCUT2D eigenvalue weighted by atomic mass is 10.2. The van der Waals surface area contributed by atoms with Crippen molar-refractivity contribution in [3.8, 4) is 0 Å². The van der Waals surface area contributed by atoms with Crippen LogP contribution in [-0.2, 0) is 9.47 Å². The molecule has 0 aliphatic heterocycles. The topological polar surface area (TPSA) is 18.5 Å². The van der Waals surface area contributed by atoms with Gasteiger partial charge in [0.1, 0.15) is 0 Å². The Morgan fingerprint density at radius 2 is 1.76 bits per heavy atom. The molecule has 2 nitrogen and oxygen atoms in total. The molecule has 0 radical (unpaired) electrons. The highest BCUT2D eigenvalue weighted by molar-refractivity contribution is 5.50. The molecule has 0 saturated heterocycles. The molecule has 0 spiro atoms. The van der Waals surface area contributed by atoms with Gasteiger partial charge in [-0.3, -0.25) is 0 Å². The van der Waals surface area contributed by atoms with E-state index in [1.54, 1.807) is 0 Å². The van der Waals surface area contributed by atoms with Crippen LogP contribution in [0.3, 0.4) is 0 Å². The van der Waals surface area contributed by atoms with E-state index in [1.807, 2.05) is 71.0 Å². The quantitative estimate of drug-likeness (QED) is 0.561. The second-order valence-electron chi connectivity index (χ2n) is 4.83. The first-order chi connectivity index (χ1) is 7.89. The van der Waals surface area contributed by atoms with Crippen molar-refractivity contribution >= 4 is 6.08 Å². The normalized spacial score (nSPS) is 12.9. The van der Waals surface area contributed by atoms with Gasteiger partial charge in [-0.25, -0.2) is 0 Å². The molecule has 0 fully saturated rings. The summed E-state index contributed by atoms with van der Waals surface area (Å²) in [6, 6.07) is 10.1. The molecule has 94 valence electrons. The molecule has 0 atom stereocenters. The second-order valence-corrected chi connectivity index (χ2v) is 4.83. The van der Waals surface area contributed by atoms with Crippen LogP contribution in [0.4, 0.5) is 0 Å². The zero-order chi connectivity index (χ0) is 12.9. The standard InChI is InChI=1S/C15H22O2/c1-12(2)16-15(4,5)17-13(3)11-14-9-7-6-8-10-14/h6-12H,1-5H3. The molecule has 1 rings (SSSR count). The van der Waals surface area contributed by atoms with Crippen molar-refractivity contribution in [2.45, 2.75) is 46.5 Å². The maximum Gasteiger partial charge on any atom is 0.204 e. The molecule has 0 N–H and O–H groups in total. The van der Waals surface area contributed by atoms with E-state index in [4.69, 9.17) is 9.47 Å². The van der Waals surface area contributed by atoms with Gasteiger partial charge in [0.25, 0.3) is 0 Å². The number of hydrogen-bond donors (Lipinski definition) is 0. The molecule has 0 heterocycles. The van der Waals surface area contributed by atoms with Crippen molar-refractivity contribution in [3.63, 3.8) is 0 Å². The molecular weight excluding hydrogens is 212 g/mol. The third-order valence-corrected chi connectivity index (χ3v) is 2.10. The van der Waals surface area contributed by atoms with Crippen LogP contribution in [0.5, 0.6) is 0 Å². The molecule has 0 aliphatic rings. The number of hydrogen-bond acceptors (Lipinski definition) is 2. The van der Waals surface area contributed by atoms with Gasteiger partial charge in [0.2, 0.25) is 5.79 Å². The minimum atomic E-state index is -0.594. The summed E-state index contributed by atoms with van der Waals surface area (Å²) in [4.78, 5) is 0. The van der Waals surface area contributed by atoms with E-state index >= 15 is 0 Å². The SMILES string of the molecule is CC(=Cc1ccccc1)OC(C)(C)OC(C)C. The van der Waals surface area contributed by atoms with Gasteiger partial charge in [-0.05, 0) is 32.4 Å². The average molecular weight is 234 g/mol. The molecule has 17 heavy (non-hydrogen) atoms. The van der Waals surface area contributed by atoms with Gasteiger partial charge in [-0.15, -0.1) is 0 Å². The Labute approximate surface area is 104 Å². The smallest absolute Gasteiger partial charge is 0.204 e. The van der Waals surface area contributed by atoms with E-state index in [1.165, 1.54) is 0 Å². The minimum absolute atomic E-state index is 0.148. The summed E-state index contributed by atoms with van der Waals surface area (Å²) in [5, 5.41) is 0. The van der Waals surface area contributed by atoms with Crippen LogP contribution >= 0.6 is 0 Å². The van der Waals surface area contributed by atoms with E-state index in [0.29, 0.717) is 0 Å². The summed E-state index contributed by atoms with van der Waals surface area (Å²) >= 11 is 0. The zero-order valence-electron chi connectivity index (χ0n) is 11.4. The predicted molar refractivity (Wildman–Crippen MR) is 71.5 cm³/mol. The molecule has 0 unspecified atom stereocenters. The Bertz CT molecular complexity index is 364. The van der Waals surface area contributed by atoms with Gasteiger partial charge < -0.3 is 9.47 Å². The molecule has 0 aromatic heterocycles. The van der Waals surface area contributed by atoms with Crippen LogP contribution in [0.15, 0.2) is 36.1 Å². The average Bonchev–Trinajstić information content (AvgIpc) is 2.15. The Morgan fingerprint density at radius 1 is 1.18 bits per heavy atom. The fourth-order valence-electron chi connectivity index (χ4n) is 1.79. The van der Waals surface area contributed by atoms with Crippen molar-refractivity contribution in [1.29, 1.82) is 0 Å². The van der Waals surface area contributed by atoms with Crippen molar-refractivity contribution in [2.24, 2.45) is 0 Å². The minimum Gasteiger partial charge on any atom is -0.468 e. The molecule has 1 aromatic rings. The van der Waals surface area contributed by atoms with Crippen molar-refractivity contribution < 1.29 is 9.47 Å². The van der Waals surface area contributed by atoms with E-state index in [2.05, 4.69) is 0 Å². The molecule has 0 saturated carbocycles.